The summed E-state index contributed by atoms with van der Waals surface area (Å²) in [4.78, 5) is 4.31. The number of imidazole rings is 1. The molecule has 4 heteroatoms. The van der Waals surface area contributed by atoms with Crippen LogP contribution < -0.4 is 10.1 Å². The van der Waals surface area contributed by atoms with Crippen LogP contribution in [-0.2, 0) is 20.0 Å². The molecule has 0 aliphatic rings. The molecular weight excluding hydrogens is 250 g/mol. The lowest BCUT2D eigenvalue weighted by molar-refractivity contribution is 0.242. The predicted molar refractivity (Wildman–Crippen MR) is 80.8 cm³/mol. The topological polar surface area (TPSA) is 39.1 Å². The highest BCUT2D eigenvalue weighted by molar-refractivity contribution is 5.27. The van der Waals surface area contributed by atoms with Crippen molar-refractivity contribution in [3.63, 3.8) is 0 Å². The van der Waals surface area contributed by atoms with E-state index in [9.17, 15) is 0 Å². The Morgan fingerprint density at radius 2 is 2.00 bits per heavy atom. The summed E-state index contributed by atoms with van der Waals surface area (Å²) in [6.45, 7) is 5.86. The Bertz CT molecular complexity index is 517. The number of hydrogen-bond donors (Lipinski definition) is 1. The molecule has 0 unspecified atom stereocenters. The predicted octanol–water partition coefficient (Wildman–Crippen LogP) is 2.54. The van der Waals surface area contributed by atoms with Crippen LogP contribution in [0.5, 0.6) is 5.75 Å². The van der Waals surface area contributed by atoms with Crippen LogP contribution in [-0.4, -0.2) is 22.2 Å². The van der Waals surface area contributed by atoms with Gasteiger partial charge in [0.25, 0.3) is 0 Å². The molecule has 1 heterocycles. The maximum absolute atomic E-state index is 5.63. The maximum atomic E-state index is 5.63. The first-order valence-electron chi connectivity index (χ1n) is 7.07. The minimum absolute atomic E-state index is 0.219. The molecular formula is C16H23N3O. The minimum Gasteiger partial charge on any atom is -0.491 e. The van der Waals surface area contributed by atoms with Gasteiger partial charge in [0.2, 0.25) is 0 Å². The third kappa shape index (κ3) is 4.38. The second kappa shape index (κ2) is 7.10. The first-order chi connectivity index (χ1) is 9.65. The van der Waals surface area contributed by atoms with E-state index in [1.807, 2.05) is 45.4 Å². The van der Waals surface area contributed by atoms with Gasteiger partial charge in [-0.05, 0) is 31.5 Å². The highest BCUT2D eigenvalue weighted by Gasteiger charge is 2.00. The van der Waals surface area contributed by atoms with Crippen molar-refractivity contribution in [2.75, 3.05) is 6.54 Å². The third-order valence-electron chi connectivity index (χ3n) is 3.07. The number of ether oxygens (including phenoxy) is 1. The number of aromatic nitrogens is 2. The van der Waals surface area contributed by atoms with Gasteiger partial charge in [0.05, 0.1) is 6.10 Å². The molecule has 1 aromatic heterocycles. The molecule has 0 radical (unpaired) electrons. The first-order valence-corrected chi connectivity index (χ1v) is 7.07. The molecule has 4 nitrogen and oxygen atoms in total. The summed E-state index contributed by atoms with van der Waals surface area (Å²) in [5.74, 6) is 2.04. The van der Waals surface area contributed by atoms with Crippen LogP contribution in [0.2, 0.25) is 0 Å². The molecule has 0 atom stereocenters. The average Bonchev–Trinajstić information content (AvgIpc) is 2.82. The molecule has 2 aromatic rings. The van der Waals surface area contributed by atoms with Gasteiger partial charge in [0.15, 0.2) is 0 Å². The molecule has 1 aromatic carbocycles. The highest BCUT2D eigenvalue weighted by Crippen LogP contribution is 2.13. The van der Waals surface area contributed by atoms with Crippen LogP contribution >= 0.6 is 0 Å². The summed E-state index contributed by atoms with van der Waals surface area (Å²) in [7, 11) is 2.02. The second-order valence-electron chi connectivity index (χ2n) is 5.19. The Hall–Kier alpha value is -1.81. The zero-order valence-electron chi connectivity index (χ0n) is 12.5. The van der Waals surface area contributed by atoms with Crippen LogP contribution in [0.4, 0.5) is 0 Å². The lowest BCUT2D eigenvalue weighted by Gasteiger charge is -2.10. The second-order valence-corrected chi connectivity index (χ2v) is 5.19. The lowest BCUT2D eigenvalue weighted by atomic mass is 10.2. The lowest BCUT2D eigenvalue weighted by Crippen LogP contribution is -2.18. The third-order valence-corrected chi connectivity index (χ3v) is 3.07. The van der Waals surface area contributed by atoms with E-state index in [1.54, 1.807) is 0 Å². The summed E-state index contributed by atoms with van der Waals surface area (Å²) in [5, 5.41) is 3.43. The maximum Gasteiger partial charge on any atom is 0.119 e. The van der Waals surface area contributed by atoms with Crippen molar-refractivity contribution in [1.29, 1.82) is 0 Å². The zero-order valence-corrected chi connectivity index (χ0v) is 12.5. The van der Waals surface area contributed by atoms with Crippen molar-refractivity contribution in [3.8, 4) is 5.75 Å². The van der Waals surface area contributed by atoms with Crippen LogP contribution in [0.15, 0.2) is 36.7 Å². The molecule has 0 bridgehead atoms. The standard InChI is InChI=1S/C16H23N3O/c1-13(2)20-15-6-4-14(5-7-15)12-17-9-8-16-18-10-11-19(16)3/h4-7,10-11,13,17H,8-9,12H2,1-3H3. The summed E-state index contributed by atoms with van der Waals surface area (Å²) in [5.41, 5.74) is 1.26. The van der Waals surface area contributed by atoms with Gasteiger partial charge in [0, 0.05) is 39.0 Å². The molecule has 0 saturated heterocycles. The van der Waals surface area contributed by atoms with Gasteiger partial charge in [-0.15, -0.1) is 0 Å². The molecule has 108 valence electrons. The molecule has 0 spiro atoms. The average molecular weight is 273 g/mol. The van der Waals surface area contributed by atoms with Gasteiger partial charge in [-0.3, -0.25) is 0 Å². The molecule has 0 amide bonds. The fourth-order valence-electron chi connectivity index (χ4n) is 2.03. The van der Waals surface area contributed by atoms with Gasteiger partial charge in [-0.25, -0.2) is 4.98 Å². The van der Waals surface area contributed by atoms with Crippen LogP contribution in [0.25, 0.3) is 0 Å². The van der Waals surface area contributed by atoms with E-state index in [1.165, 1.54) is 5.56 Å². The van der Waals surface area contributed by atoms with E-state index in [4.69, 9.17) is 4.74 Å². The summed E-state index contributed by atoms with van der Waals surface area (Å²) < 4.78 is 7.68. The van der Waals surface area contributed by atoms with Gasteiger partial charge in [0.1, 0.15) is 11.6 Å². The number of nitrogens with zero attached hydrogens (tertiary/aromatic N) is 2. The normalized spacial score (nSPS) is 11.0. The van der Waals surface area contributed by atoms with Gasteiger partial charge < -0.3 is 14.6 Å². The van der Waals surface area contributed by atoms with E-state index in [0.717, 1.165) is 31.1 Å². The quantitative estimate of drug-likeness (QED) is 0.788. The van der Waals surface area contributed by atoms with E-state index >= 15 is 0 Å². The van der Waals surface area contributed by atoms with Crippen molar-refractivity contribution >= 4 is 0 Å². The number of rotatable bonds is 7. The fourth-order valence-corrected chi connectivity index (χ4v) is 2.03. The first kappa shape index (κ1) is 14.6. The van der Waals surface area contributed by atoms with E-state index in [0.29, 0.717) is 0 Å². The van der Waals surface area contributed by atoms with Gasteiger partial charge >= 0.3 is 0 Å². The van der Waals surface area contributed by atoms with Gasteiger partial charge in [-0.1, -0.05) is 12.1 Å². The van der Waals surface area contributed by atoms with Crippen molar-refractivity contribution < 1.29 is 4.74 Å². The van der Waals surface area contributed by atoms with Crippen molar-refractivity contribution in [3.05, 3.63) is 48.0 Å². The fraction of sp³-hybridized carbons (Fsp3) is 0.438. The summed E-state index contributed by atoms with van der Waals surface area (Å²) >= 11 is 0. The highest BCUT2D eigenvalue weighted by atomic mass is 16.5. The smallest absolute Gasteiger partial charge is 0.119 e. The monoisotopic (exact) mass is 273 g/mol. The SMILES string of the molecule is CC(C)Oc1ccc(CNCCc2nccn2C)cc1. The van der Waals surface area contributed by atoms with Crippen LogP contribution in [0.3, 0.4) is 0 Å². The van der Waals surface area contributed by atoms with Crippen molar-refractivity contribution in [2.45, 2.75) is 32.9 Å². The Morgan fingerprint density at radius 1 is 1.25 bits per heavy atom. The van der Waals surface area contributed by atoms with Crippen molar-refractivity contribution in [2.24, 2.45) is 7.05 Å². The number of hydrogen-bond acceptors (Lipinski definition) is 3. The Morgan fingerprint density at radius 3 is 2.60 bits per heavy atom. The number of aryl methyl sites for hydroxylation is 1. The Kier molecular flexibility index (Phi) is 5.18. The van der Waals surface area contributed by atoms with Crippen LogP contribution in [0.1, 0.15) is 25.2 Å². The molecule has 0 fully saturated rings. The van der Waals surface area contributed by atoms with E-state index in [2.05, 4.69) is 27.0 Å². The summed E-state index contributed by atoms with van der Waals surface area (Å²) in [6, 6.07) is 8.25. The molecule has 0 aliphatic carbocycles. The zero-order chi connectivity index (χ0) is 14.4. The Balaban J connectivity index is 1.73. The Labute approximate surface area is 120 Å². The molecule has 0 aliphatic heterocycles. The number of benzene rings is 1. The number of nitrogens with one attached hydrogen (secondary N) is 1. The molecule has 1 N–H and O–H groups in total. The molecule has 20 heavy (non-hydrogen) atoms. The summed E-state index contributed by atoms with van der Waals surface area (Å²) in [6.07, 6.45) is 4.97. The van der Waals surface area contributed by atoms with Gasteiger partial charge in [-0.2, -0.15) is 0 Å². The minimum atomic E-state index is 0.219. The molecule has 2 rings (SSSR count). The van der Waals surface area contributed by atoms with E-state index in [-0.39, 0.29) is 6.10 Å². The van der Waals surface area contributed by atoms with Crippen molar-refractivity contribution in [1.82, 2.24) is 14.9 Å². The largest absolute Gasteiger partial charge is 0.491 e. The van der Waals surface area contributed by atoms with Crippen LogP contribution in [0, 0.1) is 0 Å². The van der Waals surface area contributed by atoms with E-state index < -0.39 is 0 Å². The molecule has 0 saturated carbocycles.